The van der Waals surface area contributed by atoms with Crippen LogP contribution in [0.1, 0.15) is 5.89 Å². The Bertz CT molecular complexity index is 931. The number of hydrogen-bond donors (Lipinski definition) is 1. The lowest BCUT2D eigenvalue weighted by atomic mass is 10.2. The van der Waals surface area contributed by atoms with E-state index in [4.69, 9.17) is 20.5 Å². The van der Waals surface area contributed by atoms with Crippen LogP contribution in [0.2, 0.25) is 5.02 Å². The second-order valence-electron chi connectivity index (χ2n) is 4.95. The number of rotatable bonds is 5. The number of aromatic nitrogens is 4. The Morgan fingerprint density at radius 2 is 2.17 bits per heavy atom. The van der Waals surface area contributed by atoms with Gasteiger partial charge in [-0.2, -0.15) is 10.1 Å². The Balaban J connectivity index is 1.55. The van der Waals surface area contributed by atoms with Crippen LogP contribution in [-0.4, -0.2) is 19.9 Å². The molecule has 0 saturated carbocycles. The third-order valence-electron chi connectivity index (χ3n) is 3.35. The highest BCUT2D eigenvalue weighted by molar-refractivity contribution is 6.31. The molecule has 0 aliphatic heterocycles. The van der Waals surface area contributed by atoms with Gasteiger partial charge in [-0.15, -0.1) is 0 Å². The monoisotopic (exact) mass is 341 g/mol. The second-order valence-corrected chi connectivity index (χ2v) is 5.39. The lowest BCUT2D eigenvalue weighted by molar-refractivity contribution is 0.382. The largest absolute Gasteiger partial charge is 0.461 e. The standard InChI is InChI=1S/C16H12ClN5O2/c17-11-4-5-13(22-7-2-6-19-22)12(9-11)18-10-15-20-16(21-24-15)14-3-1-8-23-14/h1-9,18H,10H2. The molecule has 0 unspecified atom stereocenters. The van der Waals surface area contributed by atoms with Gasteiger partial charge < -0.3 is 14.3 Å². The quantitative estimate of drug-likeness (QED) is 0.595. The van der Waals surface area contributed by atoms with Crippen LogP contribution in [0.25, 0.3) is 17.3 Å². The topological polar surface area (TPSA) is 81.9 Å². The molecule has 7 nitrogen and oxygen atoms in total. The van der Waals surface area contributed by atoms with Gasteiger partial charge in [-0.3, -0.25) is 0 Å². The first kappa shape index (κ1) is 14.5. The molecule has 3 heterocycles. The predicted octanol–water partition coefficient (Wildman–Crippen LogP) is 3.78. The molecule has 4 rings (SSSR count). The molecule has 0 amide bonds. The highest BCUT2D eigenvalue weighted by atomic mass is 35.5. The molecule has 8 heteroatoms. The number of furan rings is 1. The third kappa shape index (κ3) is 2.89. The molecule has 0 aliphatic rings. The maximum absolute atomic E-state index is 6.10. The Morgan fingerprint density at radius 1 is 1.21 bits per heavy atom. The van der Waals surface area contributed by atoms with Crippen molar-refractivity contribution in [2.24, 2.45) is 0 Å². The summed E-state index contributed by atoms with van der Waals surface area (Å²) in [4.78, 5) is 4.29. The molecular weight excluding hydrogens is 330 g/mol. The van der Waals surface area contributed by atoms with Gasteiger partial charge in [0.25, 0.3) is 0 Å². The van der Waals surface area contributed by atoms with Crippen LogP contribution in [0.5, 0.6) is 0 Å². The van der Waals surface area contributed by atoms with Crippen molar-refractivity contribution in [3.05, 3.63) is 66.0 Å². The van der Waals surface area contributed by atoms with Crippen molar-refractivity contribution in [1.82, 2.24) is 19.9 Å². The summed E-state index contributed by atoms with van der Waals surface area (Å²) in [5.74, 6) is 1.41. The van der Waals surface area contributed by atoms with Crippen molar-refractivity contribution >= 4 is 17.3 Å². The van der Waals surface area contributed by atoms with Crippen molar-refractivity contribution in [3.8, 4) is 17.3 Å². The van der Waals surface area contributed by atoms with Crippen LogP contribution in [0.3, 0.4) is 0 Å². The molecule has 1 aromatic carbocycles. The van der Waals surface area contributed by atoms with Crippen molar-refractivity contribution in [3.63, 3.8) is 0 Å². The number of anilines is 1. The fourth-order valence-corrected chi connectivity index (χ4v) is 2.44. The van der Waals surface area contributed by atoms with Crippen LogP contribution in [-0.2, 0) is 6.54 Å². The van der Waals surface area contributed by atoms with E-state index in [0.717, 1.165) is 11.4 Å². The lowest BCUT2D eigenvalue weighted by Crippen LogP contribution is -2.05. The predicted molar refractivity (Wildman–Crippen MR) is 87.9 cm³/mol. The van der Waals surface area contributed by atoms with Gasteiger partial charge in [-0.25, -0.2) is 4.68 Å². The normalized spacial score (nSPS) is 10.9. The first-order chi connectivity index (χ1) is 11.8. The van der Waals surface area contributed by atoms with Gasteiger partial charge in [0, 0.05) is 17.4 Å². The van der Waals surface area contributed by atoms with E-state index in [-0.39, 0.29) is 0 Å². The molecule has 24 heavy (non-hydrogen) atoms. The van der Waals surface area contributed by atoms with Gasteiger partial charge in [0.05, 0.1) is 24.2 Å². The van der Waals surface area contributed by atoms with E-state index >= 15 is 0 Å². The lowest BCUT2D eigenvalue weighted by Gasteiger charge is -2.11. The number of hydrogen-bond acceptors (Lipinski definition) is 6. The Hall–Kier alpha value is -3.06. The van der Waals surface area contributed by atoms with E-state index in [2.05, 4.69) is 20.6 Å². The summed E-state index contributed by atoms with van der Waals surface area (Å²) in [5, 5.41) is 12.0. The minimum atomic E-state index is 0.350. The molecule has 3 aromatic heterocycles. The molecule has 0 aliphatic carbocycles. The van der Waals surface area contributed by atoms with E-state index in [1.54, 1.807) is 29.3 Å². The minimum absolute atomic E-state index is 0.350. The van der Waals surface area contributed by atoms with E-state index in [1.165, 1.54) is 0 Å². The number of benzene rings is 1. The summed E-state index contributed by atoms with van der Waals surface area (Å²) in [6.45, 7) is 0.350. The van der Waals surface area contributed by atoms with Crippen LogP contribution in [0, 0.1) is 0 Å². The number of halogens is 1. The highest BCUT2D eigenvalue weighted by Gasteiger charge is 2.12. The van der Waals surface area contributed by atoms with Crippen LogP contribution in [0.15, 0.2) is 64.0 Å². The van der Waals surface area contributed by atoms with Crippen molar-refractivity contribution in [2.45, 2.75) is 6.54 Å². The summed E-state index contributed by atoms with van der Waals surface area (Å²) in [7, 11) is 0. The summed E-state index contributed by atoms with van der Waals surface area (Å²) in [6, 6.07) is 10.9. The Morgan fingerprint density at radius 3 is 2.96 bits per heavy atom. The first-order valence-corrected chi connectivity index (χ1v) is 7.57. The van der Waals surface area contributed by atoms with Crippen molar-refractivity contribution in [1.29, 1.82) is 0 Å². The smallest absolute Gasteiger partial charge is 0.246 e. The zero-order valence-corrected chi connectivity index (χ0v) is 13.1. The molecule has 1 N–H and O–H groups in total. The molecule has 4 aromatic rings. The van der Waals surface area contributed by atoms with Crippen LogP contribution in [0.4, 0.5) is 5.69 Å². The third-order valence-corrected chi connectivity index (χ3v) is 3.58. The van der Waals surface area contributed by atoms with Gasteiger partial charge >= 0.3 is 0 Å². The molecule has 120 valence electrons. The summed E-state index contributed by atoms with van der Waals surface area (Å²) in [6.07, 6.45) is 5.13. The highest BCUT2D eigenvalue weighted by Crippen LogP contribution is 2.25. The first-order valence-electron chi connectivity index (χ1n) is 7.19. The molecule has 0 spiro atoms. The van der Waals surface area contributed by atoms with Crippen LogP contribution >= 0.6 is 11.6 Å². The van der Waals surface area contributed by atoms with Gasteiger partial charge in [0.15, 0.2) is 5.76 Å². The van der Waals surface area contributed by atoms with Crippen molar-refractivity contribution < 1.29 is 8.94 Å². The number of nitrogens with one attached hydrogen (secondary N) is 1. The van der Waals surface area contributed by atoms with Gasteiger partial charge in [0.1, 0.15) is 0 Å². The zero-order chi connectivity index (χ0) is 16.4. The molecular formula is C16H12ClN5O2. The number of nitrogens with zero attached hydrogens (tertiary/aromatic N) is 4. The Kier molecular flexibility index (Phi) is 3.76. The van der Waals surface area contributed by atoms with E-state index in [9.17, 15) is 0 Å². The van der Waals surface area contributed by atoms with E-state index in [0.29, 0.717) is 29.0 Å². The average molecular weight is 342 g/mol. The maximum atomic E-state index is 6.10. The van der Waals surface area contributed by atoms with Gasteiger partial charge in [-0.1, -0.05) is 16.8 Å². The van der Waals surface area contributed by atoms with Gasteiger partial charge in [0.2, 0.25) is 11.7 Å². The Labute approximate surface area is 141 Å². The van der Waals surface area contributed by atoms with E-state index < -0.39 is 0 Å². The second kappa shape index (κ2) is 6.21. The molecule has 0 radical (unpaired) electrons. The summed E-state index contributed by atoms with van der Waals surface area (Å²) >= 11 is 6.10. The van der Waals surface area contributed by atoms with E-state index in [1.807, 2.05) is 30.5 Å². The summed E-state index contributed by atoms with van der Waals surface area (Å²) < 4.78 is 12.2. The maximum Gasteiger partial charge on any atom is 0.246 e. The SMILES string of the molecule is Clc1ccc(-n2cccn2)c(NCc2nc(-c3ccco3)no2)c1. The molecule has 0 saturated heterocycles. The summed E-state index contributed by atoms with van der Waals surface area (Å²) in [5.41, 5.74) is 1.68. The van der Waals surface area contributed by atoms with Crippen molar-refractivity contribution in [2.75, 3.05) is 5.32 Å². The minimum Gasteiger partial charge on any atom is -0.461 e. The fourth-order valence-electron chi connectivity index (χ4n) is 2.26. The molecule has 0 fully saturated rings. The fraction of sp³-hybridized carbons (Fsp3) is 0.0625. The van der Waals surface area contributed by atoms with Crippen LogP contribution < -0.4 is 5.32 Å². The molecule has 0 atom stereocenters. The molecule has 0 bridgehead atoms. The van der Waals surface area contributed by atoms with Gasteiger partial charge in [-0.05, 0) is 36.4 Å². The average Bonchev–Trinajstić information content (AvgIpc) is 3.33. The zero-order valence-electron chi connectivity index (χ0n) is 12.4.